The van der Waals surface area contributed by atoms with Crippen LogP contribution in [0.3, 0.4) is 0 Å². The number of aryl methyl sites for hydroxylation is 1. The topological polar surface area (TPSA) is 15.3 Å². The van der Waals surface area contributed by atoms with E-state index in [2.05, 4.69) is 59.7 Å². The van der Waals surface area contributed by atoms with Gasteiger partial charge in [-0.3, -0.25) is 0 Å². The highest BCUT2D eigenvalue weighted by Crippen LogP contribution is 2.27. The minimum Gasteiger partial charge on any atom is -0.381 e. The van der Waals surface area contributed by atoms with E-state index < -0.39 is 0 Å². The maximum Gasteiger partial charge on any atom is 0.0400 e. The van der Waals surface area contributed by atoms with Crippen molar-refractivity contribution in [3.05, 3.63) is 59.7 Å². The lowest BCUT2D eigenvalue weighted by molar-refractivity contribution is 0.743. The summed E-state index contributed by atoms with van der Waals surface area (Å²) in [6, 6.07) is 17.2. The second-order valence-electron chi connectivity index (χ2n) is 5.21. The molecule has 0 atom stereocenters. The Morgan fingerprint density at radius 3 is 2.79 bits per heavy atom. The average molecular weight is 252 g/mol. The van der Waals surface area contributed by atoms with E-state index in [-0.39, 0.29) is 0 Å². The third kappa shape index (κ3) is 2.73. The number of nitrogens with one attached hydrogen (secondary N) is 1. The summed E-state index contributed by atoms with van der Waals surface area (Å²) >= 11 is 0. The molecule has 0 saturated carbocycles. The third-order valence-corrected chi connectivity index (χ3v) is 3.77. The zero-order chi connectivity index (χ0) is 13.1. The average Bonchev–Trinajstić information content (AvgIpc) is 2.46. The van der Waals surface area contributed by atoms with E-state index in [0.717, 1.165) is 6.54 Å². The fourth-order valence-corrected chi connectivity index (χ4v) is 2.71. The minimum atomic E-state index is 0.890. The van der Waals surface area contributed by atoms with E-state index >= 15 is 0 Å². The van der Waals surface area contributed by atoms with Crippen molar-refractivity contribution in [2.24, 2.45) is 0 Å². The molecule has 1 aliphatic heterocycles. The van der Waals surface area contributed by atoms with Gasteiger partial charge in [0.1, 0.15) is 0 Å². The first kappa shape index (κ1) is 12.1. The van der Waals surface area contributed by atoms with Gasteiger partial charge in [-0.05, 0) is 42.2 Å². The third-order valence-electron chi connectivity index (χ3n) is 3.77. The number of anilines is 2. The second-order valence-corrected chi connectivity index (χ2v) is 5.21. The van der Waals surface area contributed by atoms with E-state index in [9.17, 15) is 0 Å². The van der Waals surface area contributed by atoms with Gasteiger partial charge < -0.3 is 10.2 Å². The van der Waals surface area contributed by atoms with Crippen molar-refractivity contribution >= 4 is 11.4 Å². The maximum atomic E-state index is 3.47. The van der Waals surface area contributed by atoms with Crippen LogP contribution in [0.15, 0.2) is 48.5 Å². The van der Waals surface area contributed by atoms with Crippen molar-refractivity contribution in [1.82, 2.24) is 0 Å². The normalized spacial score (nSPS) is 14.1. The van der Waals surface area contributed by atoms with Crippen molar-refractivity contribution < 1.29 is 0 Å². The molecule has 2 aromatic carbocycles. The predicted octanol–water partition coefficient (Wildman–Crippen LogP) is 3.68. The van der Waals surface area contributed by atoms with E-state index in [0.29, 0.717) is 0 Å². The van der Waals surface area contributed by atoms with Crippen LogP contribution in [-0.4, -0.2) is 13.6 Å². The van der Waals surface area contributed by atoms with Crippen LogP contribution in [0.2, 0.25) is 0 Å². The van der Waals surface area contributed by atoms with Crippen LogP contribution >= 0.6 is 0 Å². The molecule has 0 aromatic heterocycles. The first-order valence-electron chi connectivity index (χ1n) is 6.95. The number of fused-ring (bicyclic) bond motifs is 1. The fraction of sp³-hybridized carbons (Fsp3) is 0.294. The Labute approximate surface area is 115 Å². The van der Waals surface area contributed by atoms with Crippen LogP contribution in [0.1, 0.15) is 17.5 Å². The quantitative estimate of drug-likeness (QED) is 0.896. The molecule has 0 amide bonds. The van der Waals surface area contributed by atoms with Gasteiger partial charge in [0.25, 0.3) is 0 Å². The SMILES string of the molecule is CN1CCCc2cc(CNc3ccccc3)ccc21. The molecule has 1 heterocycles. The highest BCUT2D eigenvalue weighted by molar-refractivity contribution is 5.56. The van der Waals surface area contributed by atoms with Gasteiger partial charge in [-0.15, -0.1) is 0 Å². The molecule has 0 radical (unpaired) electrons. The van der Waals surface area contributed by atoms with Gasteiger partial charge in [-0.25, -0.2) is 0 Å². The molecular weight excluding hydrogens is 232 g/mol. The summed E-state index contributed by atoms with van der Waals surface area (Å²) in [5.74, 6) is 0. The Hall–Kier alpha value is -1.96. The van der Waals surface area contributed by atoms with Crippen LogP contribution in [-0.2, 0) is 13.0 Å². The summed E-state index contributed by atoms with van der Waals surface area (Å²) in [5, 5.41) is 3.47. The summed E-state index contributed by atoms with van der Waals surface area (Å²) in [4.78, 5) is 2.35. The first-order chi connectivity index (χ1) is 9.33. The van der Waals surface area contributed by atoms with Gasteiger partial charge in [-0.1, -0.05) is 30.3 Å². The Morgan fingerprint density at radius 1 is 1.11 bits per heavy atom. The van der Waals surface area contributed by atoms with Gasteiger partial charge in [-0.2, -0.15) is 0 Å². The Balaban J connectivity index is 1.72. The number of rotatable bonds is 3. The fourth-order valence-electron chi connectivity index (χ4n) is 2.71. The molecule has 19 heavy (non-hydrogen) atoms. The van der Waals surface area contributed by atoms with Crippen LogP contribution < -0.4 is 10.2 Å². The van der Waals surface area contributed by atoms with E-state index in [1.807, 2.05) is 6.07 Å². The zero-order valence-electron chi connectivity index (χ0n) is 11.4. The Morgan fingerprint density at radius 2 is 1.95 bits per heavy atom. The molecular formula is C17H20N2. The predicted molar refractivity (Wildman–Crippen MR) is 81.8 cm³/mol. The minimum absolute atomic E-state index is 0.890. The molecule has 1 N–H and O–H groups in total. The van der Waals surface area contributed by atoms with Crippen LogP contribution in [0, 0.1) is 0 Å². The molecule has 2 heteroatoms. The van der Waals surface area contributed by atoms with Crippen molar-refractivity contribution in [3.8, 4) is 0 Å². The summed E-state index contributed by atoms with van der Waals surface area (Å²) in [7, 11) is 2.18. The van der Waals surface area contributed by atoms with Gasteiger partial charge in [0.2, 0.25) is 0 Å². The second kappa shape index (κ2) is 5.35. The molecule has 2 aromatic rings. The summed E-state index contributed by atoms with van der Waals surface area (Å²) in [5.41, 5.74) is 5.42. The Kier molecular flexibility index (Phi) is 3.41. The maximum absolute atomic E-state index is 3.47. The molecule has 1 aliphatic rings. The van der Waals surface area contributed by atoms with Crippen LogP contribution in [0.4, 0.5) is 11.4 Å². The van der Waals surface area contributed by atoms with Gasteiger partial charge in [0.05, 0.1) is 0 Å². The lowest BCUT2D eigenvalue weighted by Gasteiger charge is -2.27. The molecule has 0 unspecified atom stereocenters. The summed E-state index contributed by atoms with van der Waals surface area (Å²) in [6.45, 7) is 2.07. The number of hydrogen-bond acceptors (Lipinski definition) is 2. The molecule has 2 nitrogen and oxygen atoms in total. The molecule has 0 saturated heterocycles. The van der Waals surface area contributed by atoms with E-state index in [1.54, 1.807) is 0 Å². The highest BCUT2D eigenvalue weighted by Gasteiger charge is 2.13. The summed E-state index contributed by atoms with van der Waals surface area (Å²) in [6.07, 6.45) is 2.47. The molecule has 0 bridgehead atoms. The summed E-state index contributed by atoms with van der Waals surface area (Å²) < 4.78 is 0. The monoisotopic (exact) mass is 252 g/mol. The van der Waals surface area contributed by atoms with Crippen LogP contribution in [0.5, 0.6) is 0 Å². The number of hydrogen-bond donors (Lipinski definition) is 1. The molecule has 3 rings (SSSR count). The lowest BCUT2D eigenvalue weighted by atomic mass is 9.99. The van der Waals surface area contributed by atoms with Gasteiger partial charge in [0, 0.05) is 31.5 Å². The molecule has 0 fully saturated rings. The lowest BCUT2D eigenvalue weighted by Crippen LogP contribution is -2.24. The number of nitrogens with zero attached hydrogens (tertiary/aromatic N) is 1. The zero-order valence-corrected chi connectivity index (χ0v) is 11.4. The van der Waals surface area contributed by atoms with Crippen molar-refractivity contribution in [2.45, 2.75) is 19.4 Å². The van der Waals surface area contributed by atoms with Crippen molar-refractivity contribution in [1.29, 1.82) is 0 Å². The van der Waals surface area contributed by atoms with Crippen molar-refractivity contribution in [2.75, 3.05) is 23.8 Å². The molecule has 0 aliphatic carbocycles. The molecule has 0 spiro atoms. The number of benzene rings is 2. The largest absolute Gasteiger partial charge is 0.381 e. The molecule has 98 valence electrons. The van der Waals surface area contributed by atoms with Crippen molar-refractivity contribution in [3.63, 3.8) is 0 Å². The van der Waals surface area contributed by atoms with Gasteiger partial charge in [0.15, 0.2) is 0 Å². The standard InChI is InChI=1S/C17H20N2/c1-19-11-5-6-15-12-14(9-10-17(15)19)13-18-16-7-3-2-4-8-16/h2-4,7-10,12,18H,5-6,11,13H2,1H3. The highest BCUT2D eigenvalue weighted by atomic mass is 15.1. The smallest absolute Gasteiger partial charge is 0.0400 e. The van der Waals surface area contributed by atoms with E-state index in [1.165, 1.54) is 41.9 Å². The van der Waals surface area contributed by atoms with E-state index in [4.69, 9.17) is 0 Å². The number of para-hydroxylation sites is 1. The van der Waals surface area contributed by atoms with Crippen LogP contribution in [0.25, 0.3) is 0 Å². The van der Waals surface area contributed by atoms with Gasteiger partial charge >= 0.3 is 0 Å². The Bertz CT molecular complexity index is 548. The first-order valence-corrected chi connectivity index (χ1v) is 6.95.